The minimum Gasteiger partial charge on any atom is -0.497 e. The minimum absolute atomic E-state index is 0.0209. The van der Waals surface area contributed by atoms with E-state index in [1.807, 2.05) is 30.3 Å². The summed E-state index contributed by atoms with van der Waals surface area (Å²) < 4.78 is 32.9. The van der Waals surface area contributed by atoms with Crippen molar-refractivity contribution in [2.24, 2.45) is 5.41 Å². The number of nitriles is 1. The molecule has 2 aliphatic heterocycles. The highest BCUT2D eigenvalue weighted by molar-refractivity contribution is 7.89. The van der Waals surface area contributed by atoms with Crippen molar-refractivity contribution < 1.29 is 17.9 Å². The van der Waals surface area contributed by atoms with E-state index in [0.29, 0.717) is 37.9 Å². The molecule has 0 aromatic heterocycles. The second-order valence-corrected chi connectivity index (χ2v) is 9.70. The topological polar surface area (TPSA) is 90.7 Å². The van der Waals surface area contributed by atoms with Gasteiger partial charge in [0.15, 0.2) is 0 Å². The second kappa shape index (κ2) is 7.74. The summed E-state index contributed by atoms with van der Waals surface area (Å²) in [5.74, 6) is 0.699. The van der Waals surface area contributed by atoms with Crippen LogP contribution in [0.4, 0.5) is 5.69 Å². The van der Waals surface area contributed by atoms with E-state index in [1.165, 1.54) is 28.6 Å². The Labute approximate surface area is 176 Å². The standard InChI is InChI=1S/C22H23N3O4S/c1-29-19-7-5-18(6-8-19)25-14-12-22(21(25)26)11-2-13-24(16-22)30(27,28)20-9-3-17(15-23)4-10-20/h3-10H,2,11-14,16H2,1H3. The number of nitrogens with zero attached hydrogens (tertiary/aromatic N) is 3. The first kappa shape index (κ1) is 20.4. The predicted octanol–water partition coefficient (Wildman–Crippen LogP) is 2.77. The fourth-order valence-corrected chi connectivity index (χ4v) is 5.92. The lowest BCUT2D eigenvalue weighted by molar-refractivity contribution is -0.127. The maximum atomic E-state index is 13.4. The molecule has 2 fully saturated rings. The van der Waals surface area contributed by atoms with E-state index in [-0.39, 0.29) is 17.3 Å². The van der Waals surface area contributed by atoms with Gasteiger partial charge >= 0.3 is 0 Å². The monoisotopic (exact) mass is 425 g/mol. The number of methoxy groups -OCH3 is 1. The first-order chi connectivity index (χ1) is 14.4. The zero-order chi connectivity index (χ0) is 21.4. The molecule has 2 aromatic carbocycles. The highest BCUT2D eigenvalue weighted by atomic mass is 32.2. The summed E-state index contributed by atoms with van der Waals surface area (Å²) in [7, 11) is -2.14. The van der Waals surface area contributed by atoms with Crippen molar-refractivity contribution in [2.75, 3.05) is 31.6 Å². The van der Waals surface area contributed by atoms with E-state index in [0.717, 1.165) is 11.4 Å². The molecule has 2 saturated heterocycles. The van der Waals surface area contributed by atoms with Crippen molar-refractivity contribution in [2.45, 2.75) is 24.2 Å². The Morgan fingerprint density at radius 1 is 1.03 bits per heavy atom. The summed E-state index contributed by atoms with van der Waals surface area (Å²) in [5, 5.41) is 8.94. The van der Waals surface area contributed by atoms with Gasteiger partial charge in [-0.3, -0.25) is 4.79 Å². The molecular formula is C22H23N3O4S. The lowest BCUT2D eigenvalue weighted by Crippen LogP contribution is -2.49. The Balaban J connectivity index is 1.56. The smallest absolute Gasteiger partial charge is 0.243 e. The largest absolute Gasteiger partial charge is 0.497 e. The van der Waals surface area contributed by atoms with Gasteiger partial charge in [0, 0.05) is 25.3 Å². The summed E-state index contributed by atoms with van der Waals surface area (Å²) in [6.07, 6.45) is 1.94. The number of sulfonamides is 1. The molecule has 2 aliphatic rings. The van der Waals surface area contributed by atoms with Gasteiger partial charge in [-0.05, 0) is 67.8 Å². The molecule has 1 atom stereocenters. The quantitative estimate of drug-likeness (QED) is 0.751. The van der Waals surface area contributed by atoms with Gasteiger partial charge in [0.25, 0.3) is 0 Å². The number of piperidine rings is 1. The normalized spacial score (nSPS) is 22.3. The summed E-state index contributed by atoms with van der Waals surface area (Å²) >= 11 is 0. The summed E-state index contributed by atoms with van der Waals surface area (Å²) in [6, 6.07) is 15.2. The van der Waals surface area contributed by atoms with E-state index in [4.69, 9.17) is 10.00 Å². The van der Waals surface area contributed by atoms with Crippen LogP contribution < -0.4 is 9.64 Å². The van der Waals surface area contributed by atoms with E-state index >= 15 is 0 Å². The predicted molar refractivity (Wildman–Crippen MR) is 112 cm³/mol. The van der Waals surface area contributed by atoms with Crippen molar-refractivity contribution in [3.05, 3.63) is 54.1 Å². The number of anilines is 1. The number of rotatable bonds is 4. The fourth-order valence-electron chi connectivity index (χ4n) is 4.35. The molecule has 1 amide bonds. The van der Waals surface area contributed by atoms with Crippen LogP contribution in [-0.4, -0.2) is 45.4 Å². The number of hydrogen-bond donors (Lipinski definition) is 0. The van der Waals surface area contributed by atoms with Gasteiger partial charge in [-0.1, -0.05) is 0 Å². The van der Waals surface area contributed by atoms with Crippen molar-refractivity contribution >= 4 is 21.6 Å². The highest BCUT2D eigenvalue weighted by Gasteiger charge is 2.51. The SMILES string of the molecule is COc1ccc(N2CCC3(CCCN(S(=O)(=O)c4ccc(C#N)cc4)C3)C2=O)cc1. The zero-order valence-corrected chi connectivity index (χ0v) is 17.6. The average molecular weight is 426 g/mol. The lowest BCUT2D eigenvalue weighted by Gasteiger charge is -2.38. The van der Waals surface area contributed by atoms with Crippen LogP contribution in [0.1, 0.15) is 24.8 Å². The van der Waals surface area contributed by atoms with Crippen LogP contribution in [0.3, 0.4) is 0 Å². The summed E-state index contributed by atoms with van der Waals surface area (Å²) in [4.78, 5) is 15.3. The van der Waals surface area contributed by atoms with Crippen LogP contribution >= 0.6 is 0 Å². The van der Waals surface area contributed by atoms with Gasteiger partial charge in [0.1, 0.15) is 5.75 Å². The van der Waals surface area contributed by atoms with Gasteiger partial charge in [-0.15, -0.1) is 0 Å². The molecule has 0 radical (unpaired) electrons. The Morgan fingerprint density at radius 3 is 2.37 bits per heavy atom. The number of hydrogen-bond acceptors (Lipinski definition) is 5. The third kappa shape index (κ3) is 3.44. The number of benzene rings is 2. The molecule has 0 N–H and O–H groups in total. The first-order valence-electron chi connectivity index (χ1n) is 9.86. The molecule has 7 nitrogen and oxygen atoms in total. The van der Waals surface area contributed by atoms with Crippen molar-refractivity contribution in [3.63, 3.8) is 0 Å². The van der Waals surface area contributed by atoms with Gasteiger partial charge in [0.2, 0.25) is 15.9 Å². The molecule has 2 aromatic rings. The van der Waals surface area contributed by atoms with E-state index in [1.54, 1.807) is 12.0 Å². The van der Waals surface area contributed by atoms with Crippen LogP contribution in [0.15, 0.2) is 53.4 Å². The van der Waals surface area contributed by atoms with Crippen LogP contribution in [0.25, 0.3) is 0 Å². The lowest BCUT2D eigenvalue weighted by atomic mass is 9.79. The maximum Gasteiger partial charge on any atom is 0.243 e. The fraction of sp³-hybridized carbons (Fsp3) is 0.364. The van der Waals surface area contributed by atoms with E-state index in [9.17, 15) is 13.2 Å². The Hall–Kier alpha value is -2.89. The summed E-state index contributed by atoms with van der Waals surface area (Å²) in [5.41, 5.74) is 0.507. The summed E-state index contributed by atoms with van der Waals surface area (Å²) in [6.45, 7) is 1.14. The van der Waals surface area contributed by atoms with Crippen LogP contribution in [0, 0.1) is 16.7 Å². The molecule has 1 unspecified atom stereocenters. The third-order valence-electron chi connectivity index (χ3n) is 6.06. The molecule has 0 saturated carbocycles. The van der Waals surface area contributed by atoms with Crippen LogP contribution in [-0.2, 0) is 14.8 Å². The van der Waals surface area contributed by atoms with Crippen LogP contribution in [0.2, 0.25) is 0 Å². The van der Waals surface area contributed by atoms with Gasteiger partial charge in [-0.2, -0.15) is 9.57 Å². The highest BCUT2D eigenvalue weighted by Crippen LogP contribution is 2.43. The Morgan fingerprint density at radius 2 is 1.73 bits per heavy atom. The Kier molecular flexibility index (Phi) is 5.26. The number of carbonyl (C=O) groups excluding carboxylic acids is 1. The first-order valence-corrected chi connectivity index (χ1v) is 11.3. The van der Waals surface area contributed by atoms with Crippen molar-refractivity contribution in [1.29, 1.82) is 5.26 Å². The molecule has 30 heavy (non-hydrogen) atoms. The number of carbonyl (C=O) groups is 1. The van der Waals surface area contributed by atoms with Crippen molar-refractivity contribution in [1.82, 2.24) is 4.31 Å². The van der Waals surface area contributed by atoms with Crippen molar-refractivity contribution in [3.8, 4) is 11.8 Å². The van der Waals surface area contributed by atoms with Gasteiger partial charge < -0.3 is 9.64 Å². The molecule has 0 aliphatic carbocycles. The molecule has 8 heteroatoms. The molecule has 2 heterocycles. The molecule has 1 spiro atoms. The molecule has 4 rings (SSSR count). The van der Waals surface area contributed by atoms with Gasteiger partial charge in [0.05, 0.1) is 29.1 Å². The average Bonchev–Trinajstić information content (AvgIpc) is 3.09. The Bertz CT molecular complexity index is 1090. The number of ether oxygens (including phenoxy) is 1. The number of amides is 1. The van der Waals surface area contributed by atoms with Gasteiger partial charge in [-0.25, -0.2) is 8.42 Å². The van der Waals surface area contributed by atoms with Crippen LogP contribution in [0.5, 0.6) is 5.75 Å². The molecular weight excluding hydrogens is 402 g/mol. The van der Waals surface area contributed by atoms with E-state index in [2.05, 4.69) is 0 Å². The zero-order valence-electron chi connectivity index (χ0n) is 16.7. The molecule has 0 bridgehead atoms. The third-order valence-corrected chi connectivity index (χ3v) is 7.92. The minimum atomic E-state index is -3.73. The van der Waals surface area contributed by atoms with E-state index < -0.39 is 15.4 Å². The molecule has 156 valence electrons. The maximum absolute atomic E-state index is 13.4. The second-order valence-electron chi connectivity index (χ2n) is 7.76.